The predicted octanol–water partition coefficient (Wildman–Crippen LogP) is 4.55. The second kappa shape index (κ2) is 9.05. The number of nitrogens with zero attached hydrogens (tertiary/aromatic N) is 2. The fourth-order valence-electron chi connectivity index (χ4n) is 3.89. The Bertz CT molecular complexity index is 710. The van der Waals surface area contributed by atoms with Gasteiger partial charge >= 0.3 is 6.09 Å². The summed E-state index contributed by atoms with van der Waals surface area (Å²) >= 11 is 0. The molecule has 2 heterocycles. The second-order valence-electron chi connectivity index (χ2n) is 7.41. The first-order valence-corrected chi connectivity index (χ1v) is 9.86. The lowest BCUT2D eigenvalue weighted by molar-refractivity contribution is -0.00628. The Hall–Kier alpha value is -2.33. The minimum Gasteiger partial charge on any atom is -0.445 e. The van der Waals surface area contributed by atoms with E-state index in [1.807, 2.05) is 23.1 Å². The summed E-state index contributed by atoms with van der Waals surface area (Å²) in [5, 5.41) is 0. The first kappa shape index (κ1) is 19.4. The van der Waals surface area contributed by atoms with Crippen molar-refractivity contribution in [1.82, 2.24) is 9.80 Å². The Morgan fingerprint density at radius 2 is 2.04 bits per heavy atom. The van der Waals surface area contributed by atoms with Gasteiger partial charge in [0.1, 0.15) is 6.61 Å². The average Bonchev–Trinajstić information content (AvgIpc) is 3.11. The molecule has 0 bridgehead atoms. The van der Waals surface area contributed by atoms with Gasteiger partial charge in [0.05, 0.1) is 5.54 Å². The van der Waals surface area contributed by atoms with Crippen molar-refractivity contribution < 1.29 is 9.53 Å². The van der Waals surface area contributed by atoms with E-state index < -0.39 is 0 Å². The molecule has 2 saturated heterocycles. The maximum absolute atomic E-state index is 12.6. The van der Waals surface area contributed by atoms with Gasteiger partial charge in [-0.25, -0.2) is 4.79 Å². The van der Waals surface area contributed by atoms with E-state index >= 15 is 0 Å². The first-order valence-electron chi connectivity index (χ1n) is 9.86. The van der Waals surface area contributed by atoms with E-state index in [-0.39, 0.29) is 18.2 Å². The van der Waals surface area contributed by atoms with Crippen molar-refractivity contribution in [2.75, 3.05) is 26.2 Å². The minimum atomic E-state index is -0.199. The van der Waals surface area contributed by atoms with Crippen molar-refractivity contribution in [3.63, 3.8) is 0 Å². The van der Waals surface area contributed by atoms with E-state index in [0.717, 1.165) is 51.0 Å². The summed E-state index contributed by atoms with van der Waals surface area (Å²) in [5.41, 5.74) is 2.20. The molecule has 3 rings (SSSR count). The van der Waals surface area contributed by atoms with Gasteiger partial charge in [-0.2, -0.15) is 0 Å². The quantitative estimate of drug-likeness (QED) is 0.664. The van der Waals surface area contributed by atoms with E-state index in [1.54, 1.807) is 6.08 Å². The third-order valence-electron chi connectivity index (χ3n) is 5.56. The molecule has 0 radical (unpaired) electrons. The van der Waals surface area contributed by atoms with E-state index in [0.29, 0.717) is 0 Å². The molecule has 0 unspecified atom stereocenters. The van der Waals surface area contributed by atoms with Crippen LogP contribution in [0.15, 0.2) is 66.8 Å². The van der Waals surface area contributed by atoms with Crippen molar-refractivity contribution in [3.8, 4) is 0 Å². The molecule has 1 aromatic rings. The molecule has 0 aromatic heterocycles. The van der Waals surface area contributed by atoms with Gasteiger partial charge in [0.15, 0.2) is 0 Å². The highest BCUT2D eigenvalue weighted by atomic mass is 16.6. The molecule has 1 amide bonds. The molecule has 4 nitrogen and oxygen atoms in total. The summed E-state index contributed by atoms with van der Waals surface area (Å²) in [6.45, 7) is 9.86. The molecule has 0 saturated carbocycles. The molecule has 1 atom stereocenters. The molecule has 1 spiro atoms. The van der Waals surface area contributed by atoms with Gasteiger partial charge in [-0.3, -0.25) is 4.90 Å². The van der Waals surface area contributed by atoms with Gasteiger partial charge in [-0.15, -0.1) is 0 Å². The van der Waals surface area contributed by atoms with Crippen LogP contribution in [0, 0.1) is 0 Å². The normalized spacial score (nSPS) is 23.0. The van der Waals surface area contributed by atoms with Crippen molar-refractivity contribution in [2.45, 2.75) is 38.3 Å². The molecule has 2 fully saturated rings. The Kier molecular flexibility index (Phi) is 6.51. The molecule has 0 aliphatic carbocycles. The smallest absolute Gasteiger partial charge is 0.410 e. The summed E-state index contributed by atoms with van der Waals surface area (Å²) in [7, 11) is 0. The number of ether oxygens (including phenoxy) is 1. The summed E-state index contributed by atoms with van der Waals surface area (Å²) in [6, 6.07) is 10.5. The van der Waals surface area contributed by atoms with Crippen LogP contribution in [0.5, 0.6) is 0 Å². The number of rotatable bonds is 7. The largest absolute Gasteiger partial charge is 0.445 e. The van der Waals surface area contributed by atoms with Gasteiger partial charge in [-0.1, -0.05) is 68.1 Å². The van der Waals surface area contributed by atoms with E-state index in [2.05, 4.69) is 48.7 Å². The molecular formula is C23H30N2O2. The molecule has 4 heteroatoms. The topological polar surface area (TPSA) is 32.8 Å². The maximum Gasteiger partial charge on any atom is 0.410 e. The van der Waals surface area contributed by atoms with Crippen LogP contribution < -0.4 is 0 Å². The summed E-state index contributed by atoms with van der Waals surface area (Å²) < 4.78 is 5.56. The lowest BCUT2D eigenvalue weighted by Gasteiger charge is -2.49. The SMILES string of the molecule is C=C/C(=C\C=C/CC)COC(=O)N1CC[C@@]12CCN(Cc1ccccc1)C2. The van der Waals surface area contributed by atoms with Gasteiger partial charge < -0.3 is 9.64 Å². The van der Waals surface area contributed by atoms with Crippen molar-refractivity contribution in [1.29, 1.82) is 0 Å². The molecule has 2 aliphatic rings. The van der Waals surface area contributed by atoms with Crippen molar-refractivity contribution in [3.05, 3.63) is 72.4 Å². The molecule has 2 aliphatic heterocycles. The van der Waals surface area contributed by atoms with Crippen molar-refractivity contribution >= 4 is 6.09 Å². The predicted molar refractivity (Wildman–Crippen MR) is 109 cm³/mol. The number of hydrogen-bond acceptors (Lipinski definition) is 3. The number of allylic oxidation sites excluding steroid dienone is 3. The number of likely N-dealkylation sites (tertiary alicyclic amines) is 2. The lowest BCUT2D eigenvalue weighted by Crippen LogP contribution is -2.63. The van der Waals surface area contributed by atoms with E-state index in [1.165, 1.54) is 5.56 Å². The number of amides is 1. The molecular weight excluding hydrogens is 336 g/mol. The van der Waals surface area contributed by atoms with Crippen LogP contribution in [0.25, 0.3) is 0 Å². The van der Waals surface area contributed by atoms with Crippen LogP contribution in [-0.2, 0) is 11.3 Å². The van der Waals surface area contributed by atoms with Crippen LogP contribution in [0.1, 0.15) is 31.7 Å². The van der Waals surface area contributed by atoms with E-state index in [9.17, 15) is 4.79 Å². The Morgan fingerprint density at radius 1 is 1.26 bits per heavy atom. The van der Waals surface area contributed by atoms with Gasteiger partial charge in [-0.05, 0) is 30.4 Å². The Labute approximate surface area is 162 Å². The Balaban J connectivity index is 1.52. The average molecular weight is 367 g/mol. The first-order chi connectivity index (χ1) is 13.2. The van der Waals surface area contributed by atoms with Gasteiger partial charge in [0, 0.05) is 26.2 Å². The fourth-order valence-corrected chi connectivity index (χ4v) is 3.89. The second-order valence-corrected chi connectivity index (χ2v) is 7.41. The summed E-state index contributed by atoms with van der Waals surface area (Å²) in [4.78, 5) is 17.0. The highest BCUT2D eigenvalue weighted by Crippen LogP contribution is 2.40. The number of hydrogen-bond donors (Lipinski definition) is 0. The minimum absolute atomic E-state index is 0.0357. The summed E-state index contributed by atoms with van der Waals surface area (Å²) in [5.74, 6) is 0. The van der Waals surface area contributed by atoms with Gasteiger partial charge in [0.25, 0.3) is 0 Å². The van der Waals surface area contributed by atoms with Crippen LogP contribution in [0.2, 0.25) is 0 Å². The zero-order chi connectivity index (χ0) is 19.1. The molecule has 1 aromatic carbocycles. The van der Waals surface area contributed by atoms with Gasteiger partial charge in [0.2, 0.25) is 0 Å². The fraction of sp³-hybridized carbons (Fsp3) is 0.435. The molecule has 144 valence electrons. The highest BCUT2D eigenvalue weighted by molar-refractivity contribution is 5.70. The lowest BCUT2D eigenvalue weighted by atomic mass is 9.84. The number of benzene rings is 1. The van der Waals surface area contributed by atoms with Crippen LogP contribution in [0.4, 0.5) is 4.79 Å². The van der Waals surface area contributed by atoms with E-state index in [4.69, 9.17) is 4.74 Å². The third kappa shape index (κ3) is 4.69. The highest BCUT2D eigenvalue weighted by Gasteiger charge is 2.52. The Morgan fingerprint density at radius 3 is 2.70 bits per heavy atom. The zero-order valence-electron chi connectivity index (χ0n) is 16.3. The number of carbonyl (C=O) groups is 1. The summed E-state index contributed by atoms with van der Waals surface area (Å²) in [6.07, 6.45) is 10.6. The van der Waals surface area contributed by atoms with Crippen LogP contribution >= 0.6 is 0 Å². The van der Waals surface area contributed by atoms with Crippen molar-refractivity contribution in [2.24, 2.45) is 0 Å². The maximum atomic E-state index is 12.6. The van der Waals surface area contributed by atoms with Crippen LogP contribution in [0.3, 0.4) is 0 Å². The third-order valence-corrected chi connectivity index (χ3v) is 5.56. The zero-order valence-corrected chi connectivity index (χ0v) is 16.3. The molecule has 27 heavy (non-hydrogen) atoms. The monoisotopic (exact) mass is 366 g/mol. The van der Waals surface area contributed by atoms with Crippen LogP contribution in [-0.4, -0.2) is 47.7 Å². The molecule has 0 N–H and O–H groups in total. The number of carbonyl (C=O) groups excluding carboxylic acids is 1. The standard InChI is InChI=1S/C23H30N2O2/c1-3-5-7-10-20(4-2)18-27-22(26)25-16-14-23(25)13-15-24(19-23)17-21-11-8-6-9-12-21/h4-12H,2-3,13-19H2,1H3/b7-5-,20-10+/t23-/m1/s1.